The molecule has 0 aliphatic rings. The normalized spacial score (nSPS) is 14.6. The van der Waals surface area contributed by atoms with Gasteiger partial charge in [-0.05, 0) is 13.3 Å². The highest BCUT2D eigenvalue weighted by Gasteiger charge is 1.90. The van der Waals surface area contributed by atoms with Crippen LogP contribution in [0.15, 0.2) is 37.0 Å². The number of aliphatic hydroxyl groups is 1. The predicted octanol–water partition coefficient (Wildman–Crippen LogP) is 2.06. The Kier molecular flexibility index (Phi) is 5.79. The van der Waals surface area contributed by atoms with Crippen molar-refractivity contribution in [2.24, 2.45) is 0 Å². The van der Waals surface area contributed by atoms with E-state index < -0.39 is 0 Å². The number of hydrogen-bond donors (Lipinski definition) is 1. The van der Waals surface area contributed by atoms with Crippen LogP contribution in [-0.4, -0.2) is 11.2 Å². The van der Waals surface area contributed by atoms with Crippen LogP contribution in [0, 0.1) is 0 Å². The van der Waals surface area contributed by atoms with Crippen LogP contribution in [0.4, 0.5) is 0 Å². The van der Waals surface area contributed by atoms with Gasteiger partial charge in [0.25, 0.3) is 0 Å². The fraction of sp³-hybridized carbons (Fsp3) is 0.333. The van der Waals surface area contributed by atoms with Gasteiger partial charge in [0, 0.05) is 0 Å². The maximum Gasteiger partial charge on any atom is 0.0758 e. The van der Waals surface area contributed by atoms with E-state index in [1.807, 2.05) is 25.2 Å². The van der Waals surface area contributed by atoms with Crippen molar-refractivity contribution in [3.8, 4) is 0 Å². The van der Waals surface area contributed by atoms with Crippen LogP contribution < -0.4 is 0 Å². The summed E-state index contributed by atoms with van der Waals surface area (Å²) in [4.78, 5) is 0. The minimum Gasteiger partial charge on any atom is -0.389 e. The zero-order valence-electron chi connectivity index (χ0n) is 6.33. The molecule has 0 saturated heterocycles. The SMILES string of the molecule is C=CCC(O)C=CC=CC. The van der Waals surface area contributed by atoms with Crippen LogP contribution >= 0.6 is 0 Å². The molecule has 56 valence electrons. The van der Waals surface area contributed by atoms with Crippen LogP contribution in [0.2, 0.25) is 0 Å². The topological polar surface area (TPSA) is 20.2 Å². The Balaban J connectivity index is 3.54. The lowest BCUT2D eigenvalue weighted by molar-refractivity contribution is 0.227. The standard InChI is InChI=1S/C9H14O/c1-3-5-6-8-9(10)7-4-2/h3-6,8-10H,2,7H2,1H3. The van der Waals surface area contributed by atoms with E-state index in [1.54, 1.807) is 12.2 Å². The van der Waals surface area contributed by atoms with Crippen molar-refractivity contribution in [3.63, 3.8) is 0 Å². The summed E-state index contributed by atoms with van der Waals surface area (Å²) in [5, 5.41) is 9.08. The third kappa shape index (κ3) is 5.32. The lowest BCUT2D eigenvalue weighted by Gasteiger charge is -1.97. The second-order valence-electron chi connectivity index (χ2n) is 2.00. The highest BCUT2D eigenvalue weighted by Crippen LogP contribution is 1.93. The third-order valence-electron chi connectivity index (χ3n) is 1.04. The number of rotatable bonds is 4. The van der Waals surface area contributed by atoms with E-state index in [0.717, 1.165) is 0 Å². The molecule has 1 unspecified atom stereocenters. The second-order valence-corrected chi connectivity index (χ2v) is 2.00. The smallest absolute Gasteiger partial charge is 0.0758 e. The summed E-state index contributed by atoms with van der Waals surface area (Å²) in [6.07, 6.45) is 9.30. The number of aliphatic hydroxyl groups excluding tert-OH is 1. The van der Waals surface area contributed by atoms with Gasteiger partial charge in [-0.25, -0.2) is 0 Å². The van der Waals surface area contributed by atoms with Gasteiger partial charge in [-0.3, -0.25) is 0 Å². The molecule has 0 aliphatic carbocycles. The van der Waals surface area contributed by atoms with Gasteiger partial charge in [-0.1, -0.05) is 30.4 Å². The van der Waals surface area contributed by atoms with E-state index in [-0.39, 0.29) is 6.10 Å². The summed E-state index contributed by atoms with van der Waals surface area (Å²) in [6.45, 7) is 5.45. The zero-order chi connectivity index (χ0) is 7.82. The molecular formula is C9H14O. The van der Waals surface area contributed by atoms with Gasteiger partial charge in [0.05, 0.1) is 6.10 Å². The molecule has 1 heteroatoms. The highest BCUT2D eigenvalue weighted by molar-refractivity contribution is 5.04. The van der Waals surface area contributed by atoms with E-state index in [2.05, 4.69) is 6.58 Å². The van der Waals surface area contributed by atoms with Crippen molar-refractivity contribution in [2.45, 2.75) is 19.4 Å². The maximum atomic E-state index is 9.08. The Morgan fingerprint density at radius 2 is 2.20 bits per heavy atom. The largest absolute Gasteiger partial charge is 0.389 e. The van der Waals surface area contributed by atoms with E-state index in [9.17, 15) is 0 Å². The Morgan fingerprint density at radius 3 is 2.70 bits per heavy atom. The van der Waals surface area contributed by atoms with E-state index in [1.165, 1.54) is 0 Å². The van der Waals surface area contributed by atoms with Gasteiger partial charge >= 0.3 is 0 Å². The summed E-state index contributed by atoms with van der Waals surface area (Å²) in [5.74, 6) is 0. The first-order valence-electron chi connectivity index (χ1n) is 3.39. The van der Waals surface area contributed by atoms with Crippen molar-refractivity contribution in [3.05, 3.63) is 37.0 Å². The van der Waals surface area contributed by atoms with Crippen LogP contribution in [0.25, 0.3) is 0 Å². The number of allylic oxidation sites excluding steroid dienone is 3. The van der Waals surface area contributed by atoms with E-state index >= 15 is 0 Å². The van der Waals surface area contributed by atoms with Gasteiger partial charge in [-0.2, -0.15) is 0 Å². The molecule has 0 spiro atoms. The van der Waals surface area contributed by atoms with Gasteiger partial charge in [0.2, 0.25) is 0 Å². The molecule has 0 aliphatic heterocycles. The molecule has 0 radical (unpaired) electrons. The van der Waals surface area contributed by atoms with Crippen LogP contribution in [0.3, 0.4) is 0 Å². The Bertz CT molecular complexity index is 134. The summed E-state index contributed by atoms with van der Waals surface area (Å²) in [7, 11) is 0. The third-order valence-corrected chi connectivity index (χ3v) is 1.04. The molecule has 0 bridgehead atoms. The number of hydrogen-bond acceptors (Lipinski definition) is 1. The second kappa shape index (κ2) is 6.30. The summed E-state index contributed by atoms with van der Waals surface area (Å²) in [6, 6.07) is 0. The predicted molar refractivity (Wildman–Crippen MR) is 44.8 cm³/mol. The molecule has 0 amide bonds. The summed E-state index contributed by atoms with van der Waals surface area (Å²) >= 11 is 0. The fourth-order valence-electron chi connectivity index (χ4n) is 0.553. The molecule has 0 aromatic rings. The molecule has 0 heterocycles. The lowest BCUT2D eigenvalue weighted by Crippen LogP contribution is -1.98. The molecule has 0 aromatic heterocycles. The average molecular weight is 138 g/mol. The van der Waals surface area contributed by atoms with Gasteiger partial charge < -0.3 is 5.11 Å². The minimum absolute atomic E-state index is 0.381. The molecular weight excluding hydrogens is 124 g/mol. The first kappa shape index (κ1) is 9.18. The van der Waals surface area contributed by atoms with Crippen LogP contribution in [-0.2, 0) is 0 Å². The molecule has 1 atom stereocenters. The Hall–Kier alpha value is -0.820. The van der Waals surface area contributed by atoms with E-state index in [0.29, 0.717) is 6.42 Å². The van der Waals surface area contributed by atoms with Gasteiger partial charge in [0.15, 0.2) is 0 Å². The average Bonchev–Trinajstić information content (AvgIpc) is 1.89. The monoisotopic (exact) mass is 138 g/mol. The van der Waals surface area contributed by atoms with Crippen molar-refractivity contribution in [1.82, 2.24) is 0 Å². The summed E-state index contributed by atoms with van der Waals surface area (Å²) < 4.78 is 0. The Morgan fingerprint density at radius 1 is 1.50 bits per heavy atom. The Labute approximate surface area is 62.4 Å². The van der Waals surface area contributed by atoms with Gasteiger partial charge in [-0.15, -0.1) is 6.58 Å². The molecule has 0 fully saturated rings. The highest BCUT2D eigenvalue weighted by atomic mass is 16.3. The molecule has 1 N–H and O–H groups in total. The van der Waals surface area contributed by atoms with Gasteiger partial charge in [0.1, 0.15) is 0 Å². The lowest BCUT2D eigenvalue weighted by atomic mass is 10.2. The molecule has 10 heavy (non-hydrogen) atoms. The van der Waals surface area contributed by atoms with Crippen LogP contribution in [0.1, 0.15) is 13.3 Å². The zero-order valence-corrected chi connectivity index (χ0v) is 6.33. The minimum atomic E-state index is -0.381. The molecule has 1 nitrogen and oxygen atoms in total. The van der Waals surface area contributed by atoms with Crippen molar-refractivity contribution in [1.29, 1.82) is 0 Å². The summed E-state index contributed by atoms with van der Waals surface area (Å²) in [5.41, 5.74) is 0. The first-order chi connectivity index (χ1) is 4.81. The van der Waals surface area contributed by atoms with Crippen molar-refractivity contribution < 1.29 is 5.11 Å². The first-order valence-corrected chi connectivity index (χ1v) is 3.39. The van der Waals surface area contributed by atoms with E-state index in [4.69, 9.17) is 5.11 Å². The molecule has 0 aromatic carbocycles. The van der Waals surface area contributed by atoms with Crippen molar-refractivity contribution >= 4 is 0 Å². The van der Waals surface area contributed by atoms with Crippen molar-refractivity contribution in [2.75, 3.05) is 0 Å². The molecule has 0 rings (SSSR count). The maximum absolute atomic E-state index is 9.08. The quantitative estimate of drug-likeness (QED) is 0.465. The van der Waals surface area contributed by atoms with Crippen LogP contribution in [0.5, 0.6) is 0 Å². The fourth-order valence-corrected chi connectivity index (χ4v) is 0.553. The molecule has 0 saturated carbocycles.